The second-order valence-corrected chi connectivity index (χ2v) is 18.2. The van der Waals surface area contributed by atoms with Gasteiger partial charge in [-0.05, 0) is 101 Å². The van der Waals surface area contributed by atoms with E-state index < -0.39 is 0 Å². The maximum Gasteiger partial charge on any atom is 0.252 e. The molecule has 4 aliphatic heterocycles. The highest BCUT2D eigenvalue weighted by molar-refractivity contribution is 8.01. The molecular weight excluding hydrogens is 794 g/mol. The summed E-state index contributed by atoms with van der Waals surface area (Å²) in [5, 5.41) is 0. The minimum Gasteiger partial charge on any atom is -0.457 e. The van der Waals surface area contributed by atoms with Gasteiger partial charge in [0.15, 0.2) is 0 Å². The average Bonchev–Trinajstić information content (AvgIpc) is 3.32. The van der Waals surface area contributed by atoms with Gasteiger partial charge in [-0.3, -0.25) is 0 Å². The molecule has 0 saturated carbocycles. The van der Waals surface area contributed by atoms with Crippen LogP contribution in [0.2, 0.25) is 0 Å². The van der Waals surface area contributed by atoms with Crippen LogP contribution in [0, 0.1) is 0 Å². The Morgan fingerprint density at radius 1 is 0.306 bits per heavy atom. The number of para-hydroxylation sites is 5. The summed E-state index contributed by atoms with van der Waals surface area (Å²) in [6.45, 7) is 0.0278. The molecule has 0 spiro atoms. The number of fused-ring (bicyclic) bond motifs is 8. The minimum absolute atomic E-state index is 0.0390. The van der Waals surface area contributed by atoms with E-state index in [1.165, 1.54) is 63.7 Å². The van der Waals surface area contributed by atoms with E-state index in [2.05, 4.69) is 155 Å². The molecule has 9 aromatic carbocycles. The monoisotopic (exact) mass is 828 g/mol. The highest BCUT2D eigenvalue weighted by Gasteiger charge is 2.46. The Morgan fingerprint density at radius 3 is 1.42 bits per heavy atom. The van der Waals surface area contributed by atoms with Crippen LogP contribution < -0.4 is 52.1 Å². The van der Waals surface area contributed by atoms with Gasteiger partial charge in [0.1, 0.15) is 23.0 Å². The first-order valence-corrected chi connectivity index (χ1v) is 22.6. The van der Waals surface area contributed by atoms with E-state index in [0.29, 0.717) is 0 Å². The lowest BCUT2D eigenvalue weighted by molar-refractivity contribution is 0.480. The third-order valence-electron chi connectivity index (χ3n) is 12.4. The molecule has 4 nitrogen and oxygen atoms in total. The molecule has 0 aliphatic carbocycles. The summed E-state index contributed by atoms with van der Waals surface area (Å²) in [5.74, 6) is 3.26. The Bertz CT molecular complexity index is 3230. The van der Waals surface area contributed by atoms with Gasteiger partial charge in [-0.2, -0.15) is 0 Å². The van der Waals surface area contributed by atoms with E-state index in [4.69, 9.17) is 9.47 Å². The molecule has 0 radical (unpaired) electrons. The van der Waals surface area contributed by atoms with Gasteiger partial charge in [-0.25, -0.2) is 0 Å². The molecular formula is C54H34B2N2O2S2. The standard InChI is InChI=1S/C54H34B2N2O2S2/c1-5-17-35(18-6-1)57-45-27-15-13-25-41(45)55-43-33-44-50(62-52-32-40(60-38-23-11-4-12-24-38)31-51-54(52)56(44)42-26-14-16-28-49(42)61-51)34-46(43)58(36-19-7-2-8-20-36)48-30-39(29-47(57)53(48)55)59-37-21-9-3-10-22-37/h1-34H. The van der Waals surface area contributed by atoms with Crippen LogP contribution in [-0.2, 0) is 0 Å². The van der Waals surface area contributed by atoms with Crippen molar-refractivity contribution < 1.29 is 9.47 Å². The minimum atomic E-state index is -0.0390. The highest BCUT2D eigenvalue weighted by atomic mass is 32.2. The second-order valence-electron chi connectivity index (χ2n) is 16.0. The third kappa shape index (κ3) is 5.67. The zero-order valence-electron chi connectivity index (χ0n) is 33.3. The van der Waals surface area contributed by atoms with Crippen LogP contribution in [0.25, 0.3) is 0 Å². The van der Waals surface area contributed by atoms with Crippen molar-refractivity contribution in [2.75, 3.05) is 9.80 Å². The average molecular weight is 829 g/mol. The van der Waals surface area contributed by atoms with Crippen LogP contribution in [0.3, 0.4) is 0 Å². The first-order chi connectivity index (χ1) is 30.7. The van der Waals surface area contributed by atoms with Crippen molar-refractivity contribution in [3.05, 3.63) is 206 Å². The fourth-order valence-electron chi connectivity index (χ4n) is 9.91. The zero-order valence-corrected chi connectivity index (χ0v) is 34.9. The summed E-state index contributed by atoms with van der Waals surface area (Å²) < 4.78 is 13.3. The van der Waals surface area contributed by atoms with Crippen LogP contribution in [0.5, 0.6) is 23.0 Å². The van der Waals surface area contributed by atoms with E-state index in [1.54, 1.807) is 0 Å². The normalized spacial score (nSPS) is 13.5. The van der Waals surface area contributed by atoms with Gasteiger partial charge in [0.2, 0.25) is 6.71 Å². The molecule has 13 rings (SSSR count). The van der Waals surface area contributed by atoms with E-state index in [-0.39, 0.29) is 13.4 Å². The lowest BCUT2D eigenvalue weighted by atomic mass is 9.31. The fraction of sp³-hybridized carbons (Fsp3) is 0. The molecule has 0 aromatic heterocycles. The molecule has 4 aliphatic rings. The summed E-state index contributed by atoms with van der Waals surface area (Å²) in [4.78, 5) is 9.92. The Labute approximate surface area is 370 Å². The summed E-state index contributed by atoms with van der Waals surface area (Å²) in [6.07, 6.45) is 0. The molecule has 4 heterocycles. The van der Waals surface area contributed by atoms with Crippen molar-refractivity contribution in [3.63, 3.8) is 0 Å². The molecule has 0 bridgehead atoms. The van der Waals surface area contributed by atoms with Gasteiger partial charge in [-0.1, -0.05) is 150 Å². The van der Waals surface area contributed by atoms with Gasteiger partial charge >= 0.3 is 0 Å². The maximum absolute atomic E-state index is 6.78. The van der Waals surface area contributed by atoms with Crippen LogP contribution in [0.1, 0.15) is 0 Å². The number of ether oxygens (including phenoxy) is 2. The number of nitrogens with zero attached hydrogens (tertiary/aromatic N) is 2. The quantitative estimate of drug-likeness (QED) is 0.155. The third-order valence-corrected chi connectivity index (χ3v) is 14.7. The van der Waals surface area contributed by atoms with Crippen LogP contribution in [0.15, 0.2) is 226 Å². The molecule has 8 heteroatoms. The Balaban J connectivity index is 1.08. The van der Waals surface area contributed by atoms with Gasteiger partial charge < -0.3 is 19.3 Å². The van der Waals surface area contributed by atoms with Gasteiger partial charge in [0.05, 0.1) is 0 Å². The highest BCUT2D eigenvalue weighted by Crippen LogP contribution is 2.48. The SMILES string of the molecule is c1ccc(Oc2cc3c4c(c2)Sc2cc5c(cc2B4c2ccccc2S3)B2c3ccccc3N(c3ccccc3)c3cc(Oc4ccccc4)cc(c32)N5c2ccccc2)cc1. The first kappa shape index (κ1) is 35.7. The van der Waals surface area contributed by atoms with Crippen molar-refractivity contribution in [3.8, 4) is 23.0 Å². The van der Waals surface area contributed by atoms with E-state index in [9.17, 15) is 0 Å². The molecule has 0 fully saturated rings. The van der Waals surface area contributed by atoms with Gasteiger partial charge in [-0.15, -0.1) is 0 Å². The van der Waals surface area contributed by atoms with Gasteiger partial charge in [0, 0.05) is 65.8 Å². The molecule has 9 aromatic rings. The zero-order chi connectivity index (χ0) is 40.7. The van der Waals surface area contributed by atoms with Crippen molar-refractivity contribution in [1.29, 1.82) is 0 Å². The van der Waals surface area contributed by atoms with E-state index >= 15 is 0 Å². The van der Waals surface area contributed by atoms with Crippen LogP contribution >= 0.6 is 23.5 Å². The first-order valence-electron chi connectivity index (χ1n) is 21.0. The summed E-state index contributed by atoms with van der Waals surface area (Å²) >= 11 is 3.72. The van der Waals surface area contributed by atoms with E-state index in [0.717, 1.165) is 45.7 Å². The lowest BCUT2D eigenvalue weighted by Gasteiger charge is -2.45. The largest absolute Gasteiger partial charge is 0.457 e. The second kappa shape index (κ2) is 14.3. The Morgan fingerprint density at radius 2 is 0.790 bits per heavy atom. The summed E-state index contributed by atoms with van der Waals surface area (Å²) in [6, 6.07) is 73.8. The number of hydrogen-bond acceptors (Lipinski definition) is 6. The maximum atomic E-state index is 6.78. The van der Waals surface area contributed by atoms with Gasteiger partial charge in [0.25, 0.3) is 6.71 Å². The summed E-state index contributed by atoms with van der Waals surface area (Å²) in [5.41, 5.74) is 14.7. The molecule has 0 amide bonds. The number of benzene rings is 9. The predicted molar refractivity (Wildman–Crippen MR) is 259 cm³/mol. The Hall–Kier alpha value is -6.99. The van der Waals surface area contributed by atoms with E-state index in [1.807, 2.05) is 84.2 Å². The molecule has 290 valence electrons. The molecule has 0 saturated heterocycles. The molecule has 0 unspecified atom stereocenters. The van der Waals surface area contributed by atoms with Crippen molar-refractivity contribution >= 4 is 104 Å². The smallest absolute Gasteiger partial charge is 0.252 e. The summed E-state index contributed by atoms with van der Waals surface area (Å²) in [7, 11) is 0. The van der Waals surface area contributed by atoms with Crippen molar-refractivity contribution in [1.82, 2.24) is 0 Å². The lowest BCUT2D eigenvalue weighted by Crippen LogP contribution is -2.64. The van der Waals surface area contributed by atoms with Crippen molar-refractivity contribution in [2.24, 2.45) is 0 Å². The van der Waals surface area contributed by atoms with Crippen LogP contribution in [-0.4, -0.2) is 13.4 Å². The van der Waals surface area contributed by atoms with Crippen molar-refractivity contribution in [2.45, 2.75) is 19.6 Å². The number of anilines is 6. The molecule has 0 N–H and O–H groups in total. The fourth-order valence-corrected chi connectivity index (χ4v) is 12.4. The Kier molecular flexibility index (Phi) is 8.24. The van der Waals surface area contributed by atoms with Crippen LogP contribution in [0.4, 0.5) is 34.1 Å². The molecule has 62 heavy (non-hydrogen) atoms. The number of rotatable bonds is 6. The molecule has 0 atom stereocenters. The topological polar surface area (TPSA) is 24.9 Å². The predicted octanol–water partition coefficient (Wildman–Crippen LogP) is 10.8. The number of hydrogen-bond donors (Lipinski definition) is 0.